The third-order valence-electron chi connectivity index (χ3n) is 5.35. The summed E-state index contributed by atoms with van der Waals surface area (Å²) in [7, 11) is 1.87. The Bertz CT molecular complexity index is 1600. The van der Waals surface area contributed by atoms with Gasteiger partial charge in [-0.1, -0.05) is 0 Å². The number of aromatic nitrogens is 8. The van der Waals surface area contributed by atoms with Gasteiger partial charge in [0.15, 0.2) is 11.5 Å². The number of nitrogens with zero attached hydrogens (tertiary/aromatic N) is 7. The fourth-order valence-corrected chi connectivity index (χ4v) is 3.86. The zero-order valence-electron chi connectivity index (χ0n) is 17.1. The molecule has 0 unspecified atom stereocenters. The lowest BCUT2D eigenvalue weighted by Gasteiger charge is -2.02. The van der Waals surface area contributed by atoms with Crippen molar-refractivity contribution in [3.8, 4) is 33.9 Å². The Kier molecular flexibility index (Phi) is 3.94. The van der Waals surface area contributed by atoms with E-state index in [1.54, 1.807) is 41.9 Å². The third kappa shape index (κ3) is 2.87. The van der Waals surface area contributed by atoms with E-state index >= 15 is 0 Å². The van der Waals surface area contributed by atoms with Gasteiger partial charge in [-0.25, -0.2) is 14.6 Å². The largest absolute Gasteiger partial charge is 0.397 e. The van der Waals surface area contributed by atoms with Crippen molar-refractivity contribution >= 4 is 27.8 Å². The van der Waals surface area contributed by atoms with Crippen LogP contribution in [-0.4, -0.2) is 39.7 Å². The first kappa shape index (κ1) is 18.1. The maximum atomic E-state index is 5.91. The molecule has 9 heteroatoms. The number of aryl methyl sites for hydroxylation is 1. The highest BCUT2D eigenvalue weighted by Gasteiger charge is 2.18. The topological polar surface area (TPSA) is 124 Å². The van der Waals surface area contributed by atoms with Gasteiger partial charge < -0.3 is 10.7 Å². The molecule has 0 fully saturated rings. The molecule has 6 heterocycles. The van der Waals surface area contributed by atoms with Crippen molar-refractivity contribution in [2.75, 3.05) is 5.73 Å². The molecule has 6 rings (SSSR count). The molecule has 0 saturated carbocycles. The van der Waals surface area contributed by atoms with E-state index in [1.807, 2.05) is 37.4 Å². The molecule has 0 bridgehead atoms. The van der Waals surface area contributed by atoms with Gasteiger partial charge in [0.1, 0.15) is 11.2 Å². The fraction of sp³-hybridized carbons (Fsp3) is 0.0435. The standard InChI is InChI=1S/C23H17N9/c1-32-23-17(9-15(11-28-23)14-8-16(24)12-26-10-14)20(31-32)22-29-18-4-7-27-19(21(18)30-22)13-2-5-25-6-3-13/h2-12H,24H2,1H3,(H,29,30). The monoisotopic (exact) mass is 419 g/mol. The number of H-pyrrole nitrogens is 1. The van der Waals surface area contributed by atoms with E-state index in [-0.39, 0.29) is 0 Å². The summed E-state index contributed by atoms with van der Waals surface area (Å²) >= 11 is 0. The summed E-state index contributed by atoms with van der Waals surface area (Å²) in [4.78, 5) is 25.7. The zero-order valence-corrected chi connectivity index (χ0v) is 17.1. The van der Waals surface area contributed by atoms with Gasteiger partial charge in [0.2, 0.25) is 0 Å². The van der Waals surface area contributed by atoms with Crippen LogP contribution in [0.1, 0.15) is 0 Å². The number of pyridine rings is 4. The first-order valence-electron chi connectivity index (χ1n) is 9.96. The molecule has 0 spiro atoms. The van der Waals surface area contributed by atoms with Gasteiger partial charge in [-0.05, 0) is 30.3 Å². The Labute approximate surface area is 182 Å². The van der Waals surface area contributed by atoms with Crippen LogP contribution in [-0.2, 0) is 7.05 Å². The van der Waals surface area contributed by atoms with E-state index in [1.165, 1.54) is 0 Å². The Hall–Kier alpha value is -4.66. The van der Waals surface area contributed by atoms with Crippen LogP contribution in [0.4, 0.5) is 5.69 Å². The number of hydrogen-bond donors (Lipinski definition) is 2. The number of anilines is 1. The highest BCUT2D eigenvalue weighted by atomic mass is 15.3. The molecule has 0 radical (unpaired) electrons. The Balaban J connectivity index is 1.54. The molecule has 0 aliphatic heterocycles. The number of rotatable bonds is 3. The van der Waals surface area contributed by atoms with Crippen molar-refractivity contribution in [2.45, 2.75) is 0 Å². The zero-order chi connectivity index (χ0) is 21.7. The summed E-state index contributed by atoms with van der Waals surface area (Å²) in [6.45, 7) is 0. The van der Waals surface area contributed by atoms with Crippen molar-refractivity contribution in [2.24, 2.45) is 7.05 Å². The van der Waals surface area contributed by atoms with Crippen molar-refractivity contribution in [1.82, 2.24) is 39.7 Å². The summed E-state index contributed by atoms with van der Waals surface area (Å²) in [5, 5.41) is 5.58. The predicted molar refractivity (Wildman–Crippen MR) is 122 cm³/mol. The maximum Gasteiger partial charge on any atom is 0.159 e. The van der Waals surface area contributed by atoms with Crippen LogP contribution in [0.2, 0.25) is 0 Å². The molecular formula is C23H17N9. The van der Waals surface area contributed by atoms with Crippen LogP contribution in [0.3, 0.4) is 0 Å². The quantitative estimate of drug-likeness (QED) is 0.449. The second-order valence-corrected chi connectivity index (χ2v) is 7.45. The number of imidazole rings is 1. The summed E-state index contributed by atoms with van der Waals surface area (Å²) in [5.41, 5.74) is 13.2. The minimum Gasteiger partial charge on any atom is -0.397 e. The molecule has 0 aliphatic carbocycles. The molecule has 6 aromatic heterocycles. The first-order valence-corrected chi connectivity index (χ1v) is 9.96. The fourth-order valence-electron chi connectivity index (χ4n) is 3.86. The lowest BCUT2D eigenvalue weighted by Crippen LogP contribution is -1.92. The minimum absolute atomic E-state index is 0.599. The molecule has 32 heavy (non-hydrogen) atoms. The SMILES string of the molecule is Cn1nc(-c2nc3c(-c4ccncc4)nccc3[nH]2)c2cc(-c3cncc(N)c3)cnc21. The van der Waals surface area contributed by atoms with Crippen LogP contribution >= 0.6 is 0 Å². The van der Waals surface area contributed by atoms with Gasteiger partial charge in [-0.3, -0.25) is 15.0 Å². The van der Waals surface area contributed by atoms with Gasteiger partial charge in [-0.2, -0.15) is 5.10 Å². The van der Waals surface area contributed by atoms with Crippen LogP contribution in [0.5, 0.6) is 0 Å². The average molecular weight is 419 g/mol. The second kappa shape index (κ2) is 6.95. The molecule has 9 nitrogen and oxygen atoms in total. The molecule has 154 valence electrons. The van der Waals surface area contributed by atoms with Crippen molar-refractivity contribution in [3.63, 3.8) is 0 Å². The molecular weight excluding hydrogens is 402 g/mol. The molecule has 0 aliphatic rings. The molecule has 0 atom stereocenters. The summed E-state index contributed by atoms with van der Waals surface area (Å²) in [6, 6.07) is 9.66. The van der Waals surface area contributed by atoms with Gasteiger partial charge in [0, 0.05) is 60.9 Å². The van der Waals surface area contributed by atoms with Crippen LogP contribution in [0.15, 0.2) is 67.5 Å². The molecule has 0 aromatic carbocycles. The minimum atomic E-state index is 0.599. The Morgan fingerprint density at radius 1 is 0.844 bits per heavy atom. The highest BCUT2D eigenvalue weighted by molar-refractivity contribution is 5.96. The Morgan fingerprint density at radius 3 is 2.53 bits per heavy atom. The molecule has 6 aromatic rings. The van der Waals surface area contributed by atoms with Crippen LogP contribution in [0.25, 0.3) is 56.0 Å². The van der Waals surface area contributed by atoms with Crippen LogP contribution in [0, 0.1) is 0 Å². The molecule has 0 saturated heterocycles. The van der Waals surface area contributed by atoms with Crippen molar-refractivity contribution in [1.29, 1.82) is 0 Å². The number of nitrogens with two attached hydrogens (primary N) is 1. The first-order chi connectivity index (χ1) is 15.7. The van der Waals surface area contributed by atoms with Crippen LogP contribution < -0.4 is 5.73 Å². The second-order valence-electron chi connectivity index (χ2n) is 7.45. The van der Waals surface area contributed by atoms with Gasteiger partial charge in [0.05, 0.1) is 22.3 Å². The van der Waals surface area contributed by atoms with E-state index in [9.17, 15) is 0 Å². The van der Waals surface area contributed by atoms with Crippen molar-refractivity contribution < 1.29 is 0 Å². The van der Waals surface area contributed by atoms with E-state index in [2.05, 4.69) is 24.9 Å². The lowest BCUT2D eigenvalue weighted by molar-refractivity contribution is 0.788. The van der Waals surface area contributed by atoms with E-state index in [4.69, 9.17) is 15.8 Å². The summed E-state index contributed by atoms with van der Waals surface area (Å²) in [6.07, 6.45) is 10.4. The van der Waals surface area contributed by atoms with E-state index in [0.29, 0.717) is 17.2 Å². The number of nitrogens with one attached hydrogen (secondary N) is 1. The predicted octanol–water partition coefficient (Wildman–Crippen LogP) is 3.61. The van der Waals surface area contributed by atoms with Gasteiger partial charge in [0.25, 0.3) is 0 Å². The van der Waals surface area contributed by atoms with E-state index in [0.717, 1.165) is 44.5 Å². The van der Waals surface area contributed by atoms with E-state index < -0.39 is 0 Å². The maximum absolute atomic E-state index is 5.91. The molecule has 3 N–H and O–H groups in total. The smallest absolute Gasteiger partial charge is 0.159 e. The van der Waals surface area contributed by atoms with Crippen molar-refractivity contribution in [3.05, 3.63) is 67.5 Å². The summed E-state index contributed by atoms with van der Waals surface area (Å²) in [5.74, 6) is 0.651. The number of fused-ring (bicyclic) bond motifs is 2. The number of aromatic amines is 1. The summed E-state index contributed by atoms with van der Waals surface area (Å²) < 4.78 is 1.75. The molecule has 0 amide bonds. The lowest BCUT2D eigenvalue weighted by atomic mass is 10.1. The van der Waals surface area contributed by atoms with Gasteiger partial charge in [-0.15, -0.1) is 0 Å². The highest BCUT2D eigenvalue weighted by Crippen LogP contribution is 2.32. The third-order valence-corrected chi connectivity index (χ3v) is 5.35. The normalized spacial score (nSPS) is 11.4. The average Bonchev–Trinajstić information content (AvgIpc) is 3.40. The Morgan fingerprint density at radius 2 is 1.69 bits per heavy atom. The van der Waals surface area contributed by atoms with Gasteiger partial charge >= 0.3 is 0 Å². The number of nitrogen functional groups attached to an aromatic ring is 1. The number of hydrogen-bond acceptors (Lipinski definition) is 7.